The van der Waals surface area contributed by atoms with Crippen molar-refractivity contribution in [3.8, 4) is 0 Å². The van der Waals surface area contributed by atoms with Crippen molar-refractivity contribution in [2.75, 3.05) is 0 Å². The quantitative estimate of drug-likeness (QED) is 0.740. The van der Waals surface area contributed by atoms with Crippen LogP contribution in [-0.2, 0) is 11.3 Å². The minimum Gasteiger partial charge on any atom is -0.456 e. The van der Waals surface area contributed by atoms with Gasteiger partial charge in [-0.3, -0.25) is 0 Å². The summed E-state index contributed by atoms with van der Waals surface area (Å²) in [7, 11) is 0. The zero-order chi connectivity index (χ0) is 10.5. The van der Waals surface area contributed by atoms with Gasteiger partial charge in [0, 0.05) is 4.88 Å². The third-order valence-electron chi connectivity index (χ3n) is 1.94. The van der Waals surface area contributed by atoms with E-state index >= 15 is 0 Å². The summed E-state index contributed by atoms with van der Waals surface area (Å²) in [5.41, 5.74) is 0.592. The fourth-order valence-corrected chi connectivity index (χ4v) is 1.80. The minimum absolute atomic E-state index is 0.274. The highest BCUT2D eigenvalue weighted by Gasteiger charge is 2.05. The Morgan fingerprint density at radius 2 is 1.93 bits per heavy atom. The summed E-state index contributed by atoms with van der Waals surface area (Å²) in [5, 5.41) is 1.96. The van der Waals surface area contributed by atoms with Crippen molar-refractivity contribution in [2.45, 2.75) is 6.61 Å². The van der Waals surface area contributed by atoms with Crippen LogP contribution >= 0.6 is 11.3 Å². The first kappa shape index (κ1) is 9.93. The van der Waals surface area contributed by atoms with Gasteiger partial charge >= 0.3 is 5.97 Å². The molecule has 0 bridgehead atoms. The third kappa shape index (κ3) is 2.67. The Kier molecular flexibility index (Phi) is 3.15. The van der Waals surface area contributed by atoms with E-state index in [1.54, 1.807) is 23.5 Å². The number of rotatable bonds is 3. The van der Waals surface area contributed by atoms with E-state index in [9.17, 15) is 4.79 Å². The standard InChI is InChI=1S/C12H10O2S/c13-12(10-5-2-1-3-6-10)14-9-11-7-4-8-15-11/h1-8H,9H2. The first-order valence-electron chi connectivity index (χ1n) is 4.61. The maximum Gasteiger partial charge on any atom is 0.338 e. The fraction of sp³-hybridized carbons (Fsp3) is 0.0833. The van der Waals surface area contributed by atoms with E-state index in [0.717, 1.165) is 4.88 Å². The fourth-order valence-electron chi connectivity index (χ4n) is 1.19. The van der Waals surface area contributed by atoms with Gasteiger partial charge < -0.3 is 4.74 Å². The molecule has 2 rings (SSSR count). The number of thiophene rings is 1. The van der Waals surface area contributed by atoms with Crippen LogP contribution in [0.4, 0.5) is 0 Å². The van der Waals surface area contributed by atoms with Crippen LogP contribution in [0.3, 0.4) is 0 Å². The number of hydrogen-bond acceptors (Lipinski definition) is 3. The highest BCUT2D eigenvalue weighted by atomic mass is 32.1. The molecule has 0 radical (unpaired) electrons. The van der Waals surface area contributed by atoms with Crippen molar-refractivity contribution in [3.63, 3.8) is 0 Å². The van der Waals surface area contributed by atoms with Gasteiger partial charge in [0.25, 0.3) is 0 Å². The molecule has 0 amide bonds. The maximum atomic E-state index is 11.5. The summed E-state index contributed by atoms with van der Waals surface area (Å²) in [6.45, 7) is 0.353. The van der Waals surface area contributed by atoms with E-state index in [-0.39, 0.29) is 5.97 Å². The molecular weight excluding hydrogens is 208 g/mol. The van der Waals surface area contributed by atoms with Gasteiger partial charge in [-0.25, -0.2) is 4.79 Å². The second-order valence-corrected chi connectivity index (χ2v) is 4.05. The van der Waals surface area contributed by atoms with Crippen LogP contribution < -0.4 is 0 Å². The number of benzene rings is 1. The smallest absolute Gasteiger partial charge is 0.338 e. The lowest BCUT2D eigenvalue weighted by atomic mass is 10.2. The molecule has 0 spiro atoms. The average Bonchev–Trinajstić information content (AvgIpc) is 2.80. The molecule has 0 aliphatic rings. The second-order valence-electron chi connectivity index (χ2n) is 3.02. The van der Waals surface area contributed by atoms with Crippen LogP contribution in [0.15, 0.2) is 47.8 Å². The van der Waals surface area contributed by atoms with Gasteiger partial charge in [0.15, 0.2) is 0 Å². The van der Waals surface area contributed by atoms with Crippen LogP contribution in [0.25, 0.3) is 0 Å². The van der Waals surface area contributed by atoms with Gasteiger partial charge in [-0.1, -0.05) is 24.3 Å². The van der Waals surface area contributed by atoms with E-state index in [1.807, 2.05) is 35.7 Å². The SMILES string of the molecule is O=C(OCc1cccs1)c1ccccc1. The summed E-state index contributed by atoms with van der Waals surface area (Å²) in [5.74, 6) is -0.274. The molecule has 0 unspecified atom stereocenters. The Bertz CT molecular complexity index is 420. The van der Waals surface area contributed by atoms with Gasteiger partial charge in [0.1, 0.15) is 6.61 Å². The molecule has 0 aliphatic heterocycles. The van der Waals surface area contributed by atoms with Crippen molar-refractivity contribution in [1.82, 2.24) is 0 Å². The zero-order valence-electron chi connectivity index (χ0n) is 8.05. The first-order valence-corrected chi connectivity index (χ1v) is 5.49. The number of ether oxygens (including phenoxy) is 1. The largest absolute Gasteiger partial charge is 0.456 e. The number of hydrogen-bond donors (Lipinski definition) is 0. The highest BCUT2D eigenvalue weighted by molar-refractivity contribution is 7.09. The molecule has 76 valence electrons. The van der Waals surface area contributed by atoms with Gasteiger partial charge in [0.05, 0.1) is 5.56 Å². The lowest BCUT2D eigenvalue weighted by molar-refractivity contribution is 0.0477. The Labute approximate surface area is 92.1 Å². The summed E-state index contributed by atoms with van der Waals surface area (Å²) >= 11 is 1.58. The maximum absolute atomic E-state index is 11.5. The summed E-state index contributed by atoms with van der Waals surface area (Å²) in [4.78, 5) is 12.6. The van der Waals surface area contributed by atoms with E-state index in [1.165, 1.54) is 0 Å². The molecule has 0 atom stereocenters. The van der Waals surface area contributed by atoms with Crippen LogP contribution in [-0.4, -0.2) is 5.97 Å². The number of carbonyl (C=O) groups excluding carboxylic acids is 1. The molecule has 0 fully saturated rings. The molecule has 1 heterocycles. The Balaban J connectivity index is 1.94. The van der Waals surface area contributed by atoms with Gasteiger partial charge in [-0.05, 0) is 23.6 Å². The van der Waals surface area contributed by atoms with E-state index < -0.39 is 0 Å². The van der Waals surface area contributed by atoms with Crippen molar-refractivity contribution in [2.24, 2.45) is 0 Å². The van der Waals surface area contributed by atoms with Gasteiger partial charge in [0.2, 0.25) is 0 Å². The summed E-state index contributed by atoms with van der Waals surface area (Å²) in [6, 6.07) is 12.9. The normalized spacial score (nSPS) is 9.87. The predicted octanol–water partition coefficient (Wildman–Crippen LogP) is 3.11. The zero-order valence-corrected chi connectivity index (χ0v) is 8.87. The van der Waals surface area contributed by atoms with E-state index in [4.69, 9.17) is 4.74 Å². The van der Waals surface area contributed by atoms with Crippen molar-refractivity contribution in [3.05, 3.63) is 58.3 Å². The Morgan fingerprint density at radius 1 is 1.13 bits per heavy atom. The molecule has 0 N–H and O–H groups in total. The molecule has 0 saturated carbocycles. The predicted molar refractivity (Wildman–Crippen MR) is 59.9 cm³/mol. The monoisotopic (exact) mass is 218 g/mol. The molecule has 0 saturated heterocycles. The van der Waals surface area contributed by atoms with Crippen LogP contribution in [0.1, 0.15) is 15.2 Å². The van der Waals surface area contributed by atoms with Crippen molar-refractivity contribution < 1.29 is 9.53 Å². The van der Waals surface area contributed by atoms with E-state index in [2.05, 4.69) is 0 Å². The molecular formula is C12H10O2S. The highest BCUT2D eigenvalue weighted by Crippen LogP contribution is 2.11. The number of esters is 1. The van der Waals surface area contributed by atoms with Crippen LogP contribution in [0, 0.1) is 0 Å². The lowest BCUT2D eigenvalue weighted by Crippen LogP contribution is -2.03. The lowest BCUT2D eigenvalue weighted by Gasteiger charge is -2.02. The molecule has 0 aliphatic carbocycles. The van der Waals surface area contributed by atoms with E-state index in [0.29, 0.717) is 12.2 Å². The second kappa shape index (κ2) is 4.75. The first-order chi connectivity index (χ1) is 7.36. The molecule has 3 heteroatoms. The molecule has 1 aromatic carbocycles. The average molecular weight is 218 g/mol. The van der Waals surface area contributed by atoms with Gasteiger partial charge in [-0.2, -0.15) is 0 Å². The van der Waals surface area contributed by atoms with Crippen LogP contribution in [0.2, 0.25) is 0 Å². The molecule has 1 aromatic heterocycles. The third-order valence-corrected chi connectivity index (χ3v) is 2.79. The Morgan fingerprint density at radius 3 is 2.60 bits per heavy atom. The number of carbonyl (C=O) groups is 1. The molecule has 2 aromatic rings. The van der Waals surface area contributed by atoms with Crippen molar-refractivity contribution >= 4 is 17.3 Å². The molecule has 2 nitrogen and oxygen atoms in total. The topological polar surface area (TPSA) is 26.3 Å². The van der Waals surface area contributed by atoms with Crippen molar-refractivity contribution in [1.29, 1.82) is 0 Å². The Hall–Kier alpha value is -1.61. The summed E-state index contributed by atoms with van der Waals surface area (Å²) in [6.07, 6.45) is 0. The summed E-state index contributed by atoms with van der Waals surface area (Å²) < 4.78 is 5.14. The minimum atomic E-state index is -0.274. The van der Waals surface area contributed by atoms with Gasteiger partial charge in [-0.15, -0.1) is 11.3 Å². The molecule has 15 heavy (non-hydrogen) atoms. The van der Waals surface area contributed by atoms with Crippen LogP contribution in [0.5, 0.6) is 0 Å².